The second kappa shape index (κ2) is 8.15. The molecule has 0 heterocycles. The van der Waals surface area contributed by atoms with E-state index in [0.29, 0.717) is 6.10 Å². The largest absolute Gasteiger partial charge is 0.493 e. The minimum atomic E-state index is 0.342. The van der Waals surface area contributed by atoms with Crippen LogP contribution in [-0.2, 0) is 6.54 Å². The first kappa shape index (κ1) is 15.2. The smallest absolute Gasteiger partial charge is 0.166 e. The first-order valence-electron chi connectivity index (χ1n) is 7.88. The molecule has 0 saturated heterocycles. The average molecular weight is 277 g/mol. The van der Waals surface area contributed by atoms with E-state index < -0.39 is 0 Å². The Balaban J connectivity index is 2.13. The van der Waals surface area contributed by atoms with Crippen molar-refractivity contribution in [3.8, 4) is 11.5 Å². The molecular weight excluding hydrogens is 250 g/mol. The summed E-state index contributed by atoms with van der Waals surface area (Å²) in [6.45, 7) is 3.90. The number of para-hydroxylation sites is 1. The zero-order chi connectivity index (χ0) is 14.2. The van der Waals surface area contributed by atoms with Crippen LogP contribution in [-0.4, -0.2) is 19.8 Å². The molecule has 112 valence electrons. The van der Waals surface area contributed by atoms with E-state index in [1.165, 1.54) is 44.1 Å². The predicted molar refractivity (Wildman–Crippen MR) is 82.5 cm³/mol. The standard InChI is InChI=1S/C17H27NO2/c1-3-18-13-14-9-8-12-16(19-2)17(14)20-15-10-6-4-5-7-11-15/h8-9,12,15,18H,3-7,10-11,13H2,1-2H3. The fourth-order valence-corrected chi connectivity index (χ4v) is 2.78. The summed E-state index contributed by atoms with van der Waals surface area (Å²) in [7, 11) is 1.71. The van der Waals surface area contributed by atoms with E-state index in [1.807, 2.05) is 12.1 Å². The third-order valence-electron chi connectivity index (χ3n) is 3.93. The second-order valence-electron chi connectivity index (χ2n) is 5.46. The molecule has 1 aliphatic carbocycles. The maximum atomic E-state index is 6.32. The van der Waals surface area contributed by atoms with Crippen molar-refractivity contribution in [2.24, 2.45) is 0 Å². The lowest BCUT2D eigenvalue weighted by Crippen LogP contribution is -2.18. The minimum absolute atomic E-state index is 0.342. The molecule has 1 aromatic carbocycles. The molecule has 0 atom stereocenters. The summed E-state index contributed by atoms with van der Waals surface area (Å²) in [6.07, 6.45) is 7.92. The van der Waals surface area contributed by atoms with Gasteiger partial charge < -0.3 is 14.8 Å². The van der Waals surface area contributed by atoms with Gasteiger partial charge in [0.1, 0.15) is 0 Å². The highest BCUT2D eigenvalue weighted by Gasteiger charge is 2.18. The normalized spacial score (nSPS) is 16.7. The molecule has 0 unspecified atom stereocenters. The van der Waals surface area contributed by atoms with Gasteiger partial charge in [0.25, 0.3) is 0 Å². The van der Waals surface area contributed by atoms with Crippen LogP contribution in [0.4, 0.5) is 0 Å². The van der Waals surface area contributed by atoms with Gasteiger partial charge in [0.05, 0.1) is 13.2 Å². The molecule has 1 aromatic rings. The van der Waals surface area contributed by atoms with Crippen LogP contribution in [0.1, 0.15) is 51.0 Å². The van der Waals surface area contributed by atoms with Crippen molar-refractivity contribution in [3.63, 3.8) is 0 Å². The monoisotopic (exact) mass is 277 g/mol. The van der Waals surface area contributed by atoms with Crippen LogP contribution in [0.5, 0.6) is 11.5 Å². The molecule has 1 N–H and O–H groups in total. The third-order valence-corrected chi connectivity index (χ3v) is 3.93. The van der Waals surface area contributed by atoms with Crippen LogP contribution < -0.4 is 14.8 Å². The topological polar surface area (TPSA) is 30.5 Å². The summed E-state index contributed by atoms with van der Waals surface area (Å²) >= 11 is 0. The van der Waals surface area contributed by atoms with Gasteiger partial charge in [0.15, 0.2) is 11.5 Å². The lowest BCUT2D eigenvalue weighted by molar-refractivity contribution is 0.174. The molecule has 3 nitrogen and oxygen atoms in total. The summed E-state index contributed by atoms with van der Waals surface area (Å²) in [5.41, 5.74) is 1.19. The predicted octanol–water partition coefficient (Wildman–Crippen LogP) is 3.91. The lowest BCUT2D eigenvalue weighted by Gasteiger charge is -2.21. The van der Waals surface area contributed by atoms with E-state index in [-0.39, 0.29) is 0 Å². The summed E-state index contributed by atoms with van der Waals surface area (Å²) in [5.74, 6) is 1.78. The number of benzene rings is 1. The summed E-state index contributed by atoms with van der Waals surface area (Å²) in [4.78, 5) is 0. The first-order chi connectivity index (χ1) is 9.85. The van der Waals surface area contributed by atoms with Crippen molar-refractivity contribution < 1.29 is 9.47 Å². The Labute approximate surface area is 122 Å². The lowest BCUT2D eigenvalue weighted by atomic mass is 10.1. The maximum Gasteiger partial charge on any atom is 0.166 e. The van der Waals surface area contributed by atoms with Crippen molar-refractivity contribution in [1.29, 1.82) is 0 Å². The number of hydrogen-bond acceptors (Lipinski definition) is 3. The van der Waals surface area contributed by atoms with Gasteiger partial charge in [-0.05, 0) is 38.3 Å². The maximum absolute atomic E-state index is 6.32. The molecule has 1 saturated carbocycles. The molecule has 0 amide bonds. The number of rotatable bonds is 6. The molecular formula is C17H27NO2. The SMILES string of the molecule is CCNCc1cccc(OC)c1OC1CCCCCC1. The molecule has 0 spiro atoms. The highest BCUT2D eigenvalue weighted by atomic mass is 16.5. The minimum Gasteiger partial charge on any atom is -0.493 e. The number of ether oxygens (including phenoxy) is 2. The summed E-state index contributed by atoms with van der Waals surface area (Å²) in [5, 5.41) is 3.37. The first-order valence-corrected chi connectivity index (χ1v) is 7.88. The van der Waals surface area contributed by atoms with Crippen LogP contribution >= 0.6 is 0 Å². The Kier molecular flexibility index (Phi) is 6.19. The Bertz CT molecular complexity index is 398. The molecule has 0 radical (unpaired) electrons. The molecule has 0 aliphatic heterocycles. The summed E-state index contributed by atoms with van der Waals surface area (Å²) in [6, 6.07) is 6.14. The van der Waals surface area contributed by atoms with E-state index in [2.05, 4.69) is 18.3 Å². The molecule has 3 heteroatoms. The Hall–Kier alpha value is -1.22. The van der Waals surface area contributed by atoms with E-state index in [4.69, 9.17) is 9.47 Å². The molecule has 2 rings (SSSR count). The average Bonchev–Trinajstić information content (AvgIpc) is 2.74. The Morgan fingerprint density at radius 2 is 1.90 bits per heavy atom. The fourth-order valence-electron chi connectivity index (χ4n) is 2.78. The molecule has 20 heavy (non-hydrogen) atoms. The van der Waals surface area contributed by atoms with Crippen molar-refractivity contribution >= 4 is 0 Å². The molecule has 1 aliphatic rings. The van der Waals surface area contributed by atoms with Gasteiger partial charge in [-0.2, -0.15) is 0 Å². The number of hydrogen-bond donors (Lipinski definition) is 1. The summed E-state index contributed by atoms with van der Waals surface area (Å²) < 4.78 is 11.8. The van der Waals surface area contributed by atoms with Crippen molar-refractivity contribution in [2.75, 3.05) is 13.7 Å². The number of methoxy groups -OCH3 is 1. The van der Waals surface area contributed by atoms with Gasteiger partial charge in [-0.15, -0.1) is 0 Å². The van der Waals surface area contributed by atoms with Crippen molar-refractivity contribution in [2.45, 2.75) is 58.1 Å². The van der Waals surface area contributed by atoms with Gasteiger partial charge in [0, 0.05) is 12.1 Å². The van der Waals surface area contributed by atoms with E-state index in [1.54, 1.807) is 7.11 Å². The van der Waals surface area contributed by atoms with Gasteiger partial charge in [-0.1, -0.05) is 31.9 Å². The van der Waals surface area contributed by atoms with E-state index >= 15 is 0 Å². The van der Waals surface area contributed by atoms with Crippen LogP contribution in [0.2, 0.25) is 0 Å². The zero-order valence-electron chi connectivity index (χ0n) is 12.8. The van der Waals surface area contributed by atoms with E-state index in [9.17, 15) is 0 Å². The molecule has 0 bridgehead atoms. The third kappa shape index (κ3) is 4.14. The van der Waals surface area contributed by atoms with Gasteiger partial charge in [-0.25, -0.2) is 0 Å². The van der Waals surface area contributed by atoms with Crippen LogP contribution in [0.25, 0.3) is 0 Å². The van der Waals surface area contributed by atoms with Gasteiger partial charge >= 0.3 is 0 Å². The Morgan fingerprint density at radius 3 is 2.55 bits per heavy atom. The quantitative estimate of drug-likeness (QED) is 0.800. The molecule has 1 fully saturated rings. The van der Waals surface area contributed by atoms with E-state index in [0.717, 1.165) is 24.6 Å². The van der Waals surface area contributed by atoms with Gasteiger partial charge in [0.2, 0.25) is 0 Å². The van der Waals surface area contributed by atoms with Crippen LogP contribution in [0.3, 0.4) is 0 Å². The van der Waals surface area contributed by atoms with Crippen LogP contribution in [0, 0.1) is 0 Å². The highest BCUT2D eigenvalue weighted by Crippen LogP contribution is 2.34. The highest BCUT2D eigenvalue weighted by molar-refractivity contribution is 5.46. The zero-order valence-corrected chi connectivity index (χ0v) is 12.8. The second-order valence-corrected chi connectivity index (χ2v) is 5.46. The van der Waals surface area contributed by atoms with Gasteiger partial charge in [-0.3, -0.25) is 0 Å². The Morgan fingerprint density at radius 1 is 1.15 bits per heavy atom. The van der Waals surface area contributed by atoms with Crippen molar-refractivity contribution in [1.82, 2.24) is 5.32 Å². The number of nitrogens with one attached hydrogen (secondary N) is 1. The van der Waals surface area contributed by atoms with Crippen molar-refractivity contribution in [3.05, 3.63) is 23.8 Å². The van der Waals surface area contributed by atoms with Crippen LogP contribution in [0.15, 0.2) is 18.2 Å². The fraction of sp³-hybridized carbons (Fsp3) is 0.647. The molecule has 0 aromatic heterocycles.